The van der Waals surface area contributed by atoms with E-state index in [4.69, 9.17) is 4.74 Å². The number of halogens is 3. The monoisotopic (exact) mass is 426 g/mol. The van der Waals surface area contributed by atoms with Crippen LogP contribution in [0.4, 0.5) is 19.1 Å². The van der Waals surface area contributed by atoms with Gasteiger partial charge in [-0.05, 0) is 50.2 Å². The van der Waals surface area contributed by atoms with Gasteiger partial charge in [-0.1, -0.05) is 12.1 Å². The summed E-state index contributed by atoms with van der Waals surface area (Å²) in [4.78, 5) is 13.6. The van der Waals surface area contributed by atoms with Crippen molar-refractivity contribution in [3.8, 4) is 5.75 Å². The number of piperazine rings is 1. The van der Waals surface area contributed by atoms with Gasteiger partial charge in [-0.25, -0.2) is 9.97 Å². The molecule has 0 saturated carbocycles. The number of alkyl halides is 3. The van der Waals surface area contributed by atoms with Crippen LogP contribution in [0.3, 0.4) is 0 Å². The number of benzene rings is 1. The number of nitrogens with zero attached hydrogens (tertiary/aromatic N) is 4. The Morgan fingerprint density at radius 1 is 0.966 bits per heavy atom. The van der Waals surface area contributed by atoms with E-state index in [9.17, 15) is 13.2 Å². The summed E-state index contributed by atoms with van der Waals surface area (Å²) in [6, 6.07) is 6.12. The minimum atomic E-state index is -4.28. The minimum Gasteiger partial charge on any atom is -0.486 e. The molecule has 0 N–H and O–H groups in total. The quantitative estimate of drug-likeness (QED) is 0.652. The minimum absolute atomic E-state index is 0.128. The lowest BCUT2D eigenvalue weighted by Gasteiger charge is -2.42. The molecular weight excluding hydrogens is 401 g/mol. The van der Waals surface area contributed by atoms with E-state index in [1.807, 2.05) is 0 Å². The predicted octanol–water partition coefficient (Wildman–Crippen LogP) is 4.59. The van der Waals surface area contributed by atoms with Gasteiger partial charge in [0.05, 0.1) is 12.4 Å². The highest BCUT2D eigenvalue weighted by atomic mass is 32.2. The molecule has 0 atom stereocenters. The van der Waals surface area contributed by atoms with Gasteiger partial charge in [0.1, 0.15) is 6.61 Å². The molecule has 2 heterocycles. The number of hydrogen-bond acceptors (Lipinski definition) is 6. The Morgan fingerprint density at radius 2 is 1.55 bits per heavy atom. The number of ether oxygens (including phenoxy) is 1. The van der Waals surface area contributed by atoms with Crippen molar-refractivity contribution in [1.29, 1.82) is 0 Å². The molecule has 1 aromatic heterocycles. The largest absolute Gasteiger partial charge is 0.486 e. The van der Waals surface area contributed by atoms with E-state index in [0.29, 0.717) is 11.7 Å². The van der Waals surface area contributed by atoms with Crippen molar-refractivity contribution in [1.82, 2.24) is 14.9 Å². The van der Waals surface area contributed by atoms with Gasteiger partial charge in [-0.15, -0.1) is 0 Å². The van der Waals surface area contributed by atoms with Crippen LogP contribution in [0, 0.1) is 0 Å². The fourth-order valence-electron chi connectivity index (χ4n) is 3.08. The highest BCUT2D eigenvalue weighted by molar-refractivity contribution is 8.00. The predicted molar refractivity (Wildman–Crippen MR) is 108 cm³/mol. The second-order valence-corrected chi connectivity index (χ2v) is 8.98. The maximum absolute atomic E-state index is 12.4. The molecule has 1 aliphatic heterocycles. The molecule has 0 spiro atoms. The molecule has 3 rings (SSSR count). The van der Waals surface area contributed by atoms with E-state index in [1.54, 1.807) is 24.5 Å². The Bertz CT molecular complexity index is 783. The third kappa shape index (κ3) is 6.50. The van der Waals surface area contributed by atoms with Crippen molar-refractivity contribution in [2.75, 3.05) is 31.1 Å². The van der Waals surface area contributed by atoms with Crippen molar-refractivity contribution >= 4 is 17.7 Å². The van der Waals surface area contributed by atoms with E-state index in [2.05, 4.69) is 40.5 Å². The first-order valence-electron chi connectivity index (χ1n) is 9.40. The molecule has 1 saturated heterocycles. The van der Waals surface area contributed by atoms with Gasteiger partial charge >= 0.3 is 5.51 Å². The molecule has 9 heteroatoms. The molecule has 1 aromatic carbocycles. The van der Waals surface area contributed by atoms with E-state index < -0.39 is 5.51 Å². The normalized spacial score (nSPS) is 16.1. The highest BCUT2D eigenvalue weighted by Gasteiger charge is 2.29. The first kappa shape index (κ1) is 21.7. The van der Waals surface area contributed by atoms with Crippen LogP contribution in [0.1, 0.15) is 26.3 Å². The maximum Gasteiger partial charge on any atom is 0.446 e. The van der Waals surface area contributed by atoms with Crippen LogP contribution >= 0.6 is 11.8 Å². The number of anilines is 1. The standard InChI is InChI=1S/C20H25F3N4OS/c1-19(2,3)27-10-8-26(9-11-27)18-24-12-16(13-25-18)28-14-15-4-6-17(7-5-15)29-20(21,22)23/h4-7,12-13H,8-11,14H2,1-3H3. The summed E-state index contributed by atoms with van der Waals surface area (Å²) in [5.74, 6) is 1.20. The molecule has 0 radical (unpaired) electrons. The summed E-state index contributed by atoms with van der Waals surface area (Å²) in [6.45, 7) is 10.6. The van der Waals surface area contributed by atoms with E-state index in [1.165, 1.54) is 12.1 Å². The Balaban J connectivity index is 1.50. The van der Waals surface area contributed by atoms with Crippen LogP contribution in [-0.4, -0.2) is 52.1 Å². The van der Waals surface area contributed by atoms with Crippen molar-refractivity contribution in [2.24, 2.45) is 0 Å². The van der Waals surface area contributed by atoms with Gasteiger partial charge in [0.15, 0.2) is 5.75 Å². The summed E-state index contributed by atoms with van der Waals surface area (Å²) in [5, 5.41) is 0. The maximum atomic E-state index is 12.4. The number of aromatic nitrogens is 2. The molecule has 5 nitrogen and oxygen atoms in total. The summed E-state index contributed by atoms with van der Waals surface area (Å²) >= 11 is -0.128. The van der Waals surface area contributed by atoms with Gasteiger partial charge in [-0.2, -0.15) is 13.2 Å². The van der Waals surface area contributed by atoms with Gasteiger partial charge in [0, 0.05) is 36.6 Å². The van der Waals surface area contributed by atoms with Crippen LogP contribution in [-0.2, 0) is 6.61 Å². The fourth-order valence-corrected chi connectivity index (χ4v) is 3.62. The van der Waals surface area contributed by atoms with Gasteiger partial charge in [0.25, 0.3) is 0 Å². The zero-order valence-corrected chi connectivity index (χ0v) is 17.6. The van der Waals surface area contributed by atoms with Crippen LogP contribution in [0.2, 0.25) is 0 Å². The Hall–Kier alpha value is -2.00. The van der Waals surface area contributed by atoms with Gasteiger partial charge in [0.2, 0.25) is 5.95 Å². The van der Waals surface area contributed by atoms with Crippen LogP contribution in [0.5, 0.6) is 5.75 Å². The zero-order valence-electron chi connectivity index (χ0n) is 16.7. The lowest BCUT2D eigenvalue weighted by molar-refractivity contribution is -0.0328. The smallest absolute Gasteiger partial charge is 0.446 e. The molecule has 2 aromatic rings. The molecule has 158 valence electrons. The zero-order chi connectivity index (χ0) is 21.1. The van der Waals surface area contributed by atoms with E-state index in [0.717, 1.165) is 31.7 Å². The van der Waals surface area contributed by atoms with Gasteiger partial charge < -0.3 is 9.64 Å². The third-order valence-electron chi connectivity index (χ3n) is 4.69. The molecule has 0 bridgehead atoms. The molecule has 0 unspecified atom stereocenters. The topological polar surface area (TPSA) is 41.5 Å². The average molecular weight is 427 g/mol. The summed E-state index contributed by atoms with van der Waals surface area (Å²) in [6.07, 6.45) is 3.26. The highest BCUT2D eigenvalue weighted by Crippen LogP contribution is 2.36. The summed E-state index contributed by atoms with van der Waals surface area (Å²) < 4.78 is 42.8. The fraction of sp³-hybridized carbons (Fsp3) is 0.500. The Morgan fingerprint density at radius 3 is 2.07 bits per heavy atom. The van der Waals surface area contributed by atoms with Crippen molar-refractivity contribution in [3.63, 3.8) is 0 Å². The van der Waals surface area contributed by atoms with Crippen LogP contribution < -0.4 is 9.64 Å². The second-order valence-electron chi connectivity index (χ2n) is 7.84. The van der Waals surface area contributed by atoms with Crippen LogP contribution in [0.15, 0.2) is 41.6 Å². The molecule has 29 heavy (non-hydrogen) atoms. The molecule has 0 amide bonds. The SMILES string of the molecule is CC(C)(C)N1CCN(c2ncc(OCc3ccc(SC(F)(F)F)cc3)cn2)CC1. The van der Waals surface area contributed by atoms with E-state index in [-0.39, 0.29) is 28.8 Å². The van der Waals surface area contributed by atoms with Crippen LogP contribution in [0.25, 0.3) is 0 Å². The van der Waals surface area contributed by atoms with Crippen molar-refractivity contribution < 1.29 is 17.9 Å². The Kier molecular flexibility index (Phi) is 6.58. The first-order chi connectivity index (χ1) is 13.6. The number of hydrogen-bond donors (Lipinski definition) is 0. The molecule has 0 aliphatic carbocycles. The lowest BCUT2D eigenvalue weighted by Crippen LogP contribution is -2.53. The Labute approximate surface area is 173 Å². The molecule has 1 fully saturated rings. The second kappa shape index (κ2) is 8.79. The molecular formula is C20H25F3N4OS. The van der Waals surface area contributed by atoms with Gasteiger partial charge in [-0.3, -0.25) is 4.90 Å². The third-order valence-corrected chi connectivity index (χ3v) is 5.43. The average Bonchev–Trinajstić information content (AvgIpc) is 2.66. The van der Waals surface area contributed by atoms with E-state index >= 15 is 0 Å². The first-order valence-corrected chi connectivity index (χ1v) is 10.2. The van der Waals surface area contributed by atoms with Crippen molar-refractivity contribution in [2.45, 2.75) is 43.3 Å². The number of rotatable bonds is 5. The van der Waals surface area contributed by atoms with Crippen molar-refractivity contribution in [3.05, 3.63) is 42.2 Å². The molecule has 1 aliphatic rings. The summed E-state index contributed by atoms with van der Waals surface area (Å²) in [5.41, 5.74) is -3.34. The lowest BCUT2D eigenvalue weighted by atomic mass is 10.1. The summed E-state index contributed by atoms with van der Waals surface area (Å²) in [7, 11) is 0. The number of thioether (sulfide) groups is 1.